The maximum atomic E-state index is 12.9. The van der Waals surface area contributed by atoms with Gasteiger partial charge in [-0.15, -0.1) is 0 Å². The van der Waals surface area contributed by atoms with E-state index in [9.17, 15) is 40.5 Å². The second kappa shape index (κ2) is 11.0. The van der Waals surface area contributed by atoms with E-state index in [0.29, 0.717) is 6.42 Å². The van der Waals surface area contributed by atoms with Gasteiger partial charge in [0.1, 0.15) is 30.2 Å². The summed E-state index contributed by atoms with van der Waals surface area (Å²) in [7, 11) is 0. The first kappa shape index (κ1) is 26.8. The van der Waals surface area contributed by atoms with Crippen molar-refractivity contribution in [1.29, 1.82) is 0 Å². The third-order valence-corrected chi connectivity index (χ3v) is 7.19. The van der Waals surface area contributed by atoms with Gasteiger partial charge in [0.25, 0.3) is 0 Å². The number of rotatable bonds is 7. The minimum atomic E-state index is -1.67. The lowest BCUT2D eigenvalue weighted by Gasteiger charge is -2.43. The predicted molar refractivity (Wildman–Crippen MR) is 119 cm³/mol. The lowest BCUT2D eigenvalue weighted by atomic mass is 9.82. The molecule has 0 amide bonds. The number of phenolic OH excluding ortho intramolecular Hbond substituents is 1. The van der Waals surface area contributed by atoms with Gasteiger partial charge in [-0.2, -0.15) is 0 Å². The molecule has 12 heteroatoms. The molecule has 0 bridgehead atoms. The van der Waals surface area contributed by atoms with Crippen LogP contribution in [0.15, 0.2) is 36.1 Å². The Balaban J connectivity index is 1.47. The van der Waals surface area contributed by atoms with Gasteiger partial charge >= 0.3 is 5.97 Å². The fourth-order valence-electron chi connectivity index (χ4n) is 5.05. The van der Waals surface area contributed by atoms with Crippen LogP contribution in [0.4, 0.5) is 0 Å². The second-order valence-electron chi connectivity index (χ2n) is 9.41. The van der Waals surface area contributed by atoms with Crippen LogP contribution in [0.2, 0.25) is 0 Å². The zero-order chi connectivity index (χ0) is 26.1. The highest BCUT2D eigenvalue weighted by molar-refractivity contribution is 5.89. The van der Waals surface area contributed by atoms with E-state index in [1.807, 2.05) is 0 Å². The van der Waals surface area contributed by atoms with Crippen molar-refractivity contribution in [2.45, 2.75) is 62.5 Å². The summed E-state index contributed by atoms with van der Waals surface area (Å²) >= 11 is 0. The SMILES string of the molecule is CC1C(O)C(O)C2C(C(=O)OCCc3ccc(O)cc3)=COC(O[C@@H]3O[C@H](CO)[C@@H](O)[C@H](O)[C@H]3O)C12. The smallest absolute Gasteiger partial charge is 0.337 e. The van der Waals surface area contributed by atoms with Crippen molar-refractivity contribution < 1.29 is 59.5 Å². The summed E-state index contributed by atoms with van der Waals surface area (Å²) < 4.78 is 22.1. The Morgan fingerprint density at radius 3 is 2.31 bits per heavy atom. The van der Waals surface area contributed by atoms with E-state index >= 15 is 0 Å². The average molecular weight is 513 g/mol. The quantitative estimate of drug-likeness (QED) is 0.202. The normalized spacial score (nSPS) is 40.2. The maximum absolute atomic E-state index is 12.9. The van der Waals surface area contributed by atoms with E-state index in [1.54, 1.807) is 19.1 Å². The monoisotopic (exact) mass is 512 g/mol. The van der Waals surface area contributed by atoms with Crippen molar-refractivity contribution in [2.24, 2.45) is 17.8 Å². The van der Waals surface area contributed by atoms with Crippen LogP contribution in [0.1, 0.15) is 12.5 Å². The number of aliphatic hydroxyl groups excluding tert-OH is 6. The molecule has 2 aliphatic heterocycles. The van der Waals surface area contributed by atoms with Gasteiger partial charge in [-0.25, -0.2) is 4.79 Å². The van der Waals surface area contributed by atoms with Crippen molar-refractivity contribution in [3.63, 3.8) is 0 Å². The molecule has 3 aliphatic rings. The van der Waals surface area contributed by atoms with Crippen LogP contribution in [0.5, 0.6) is 5.75 Å². The number of aliphatic hydroxyl groups is 6. The molecule has 1 saturated heterocycles. The number of carbonyl (C=O) groups excluding carboxylic acids is 1. The molecule has 1 aromatic rings. The van der Waals surface area contributed by atoms with Crippen molar-refractivity contribution in [3.05, 3.63) is 41.7 Å². The number of fused-ring (bicyclic) bond motifs is 1. The Hall–Kier alpha value is -2.29. The molecule has 12 nitrogen and oxygen atoms in total. The molecule has 0 spiro atoms. The number of benzene rings is 1. The summed E-state index contributed by atoms with van der Waals surface area (Å²) in [5.41, 5.74) is 0.848. The van der Waals surface area contributed by atoms with E-state index < -0.39 is 79.5 Å². The van der Waals surface area contributed by atoms with Crippen LogP contribution in [-0.4, -0.2) is 104 Å². The molecule has 36 heavy (non-hydrogen) atoms. The van der Waals surface area contributed by atoms with Crippen LogP contribution >= 0.6 is 0 Å². The zero-order valence-electron chi connectivity index (χ0n) is 19.5. The number of aromatic hydroxyl groups is 1. The number of hydrogen-bond acceptors (Lipinski definition) is 12. The first-order valence-corrected chi connectivity index (χ1v) is 11.8. The molecule has 6 unspecified atom stereocenters. The van der Waals surface area contributed by atoms with Gasteiger partial charge in [0.15, 0.2) is 6.29 Å². The van der Waals surface area contributed by atoms with E-state index in [-0.39, 0.29) is 17.9 Å². The van der Waals surface area contributed by atoms with Gasteiger partial charge in [0, 0.05) is 18.3 Å². The third kappa shape index (κ3) is 5.08. The standard InChI is InChI=1S/C24H32O12/c1-10-15-16(19(29)17(10)27)13(22(32)33-7-6-11-2-4-12(26)5-3-11)9-34-23(15)36-24-21(31)20(30)18(28)14(8-25)35-24/h2-5,9-10,14-21,23-31H,6-8H2,1H3/t10?,14-,15?,16?,17?,18-,19?,20+,21-,23?,24+/m1/s1. The summed E-state index contributed by atoms with van der Waals surface area (Å²) in [5, 5.41) is 70.3. The maximum Gasteiger partial charge on any atom is 0.337 e. The minimum Gasteiger partial charge on any atom is -0.508 e. The van der Waals surface area contributed by atoms with Crippen molar-refractivity contribution in [3.8, 4) is 5.75 Å². The summed E-state index contributed by atoms with van der Waals surface area (Å²) in [4.78, 5) is 12.9. The van der Waals surface area contributed by atoms with Gasteiger partial charge in [-0.3, -0.25) is 0 Å². The Labute approximate surface area is 206 Å². The van der Waals surface area contributed by atoms with Crippen LogP contribution in [0, 0.1) is 17.8 Å². The Morgan fingerprint density at radius 2 is 1.64 bits per heavy atom. The van der Waals surface area contributed by atoms with Crippen LogP contribution in [0.25, 0.3) is 0 Å². The van der Waals surface area contributed by atoms with E-state index in [0.717, 1.165) is 11.8 Å². The molecule has 2 heterocycles. The largest absolute Gasteiger partial charge is 0.508 e. The molecule has 0 radical (unpaired) electrons. The Bertz CT molecular complexity index is 934. The first-order valence-electron chi connectivity index (χ1n) is 11.8. The molecule has 7 N–H and O–H groups in total. The lowest BCUT2D eigenvalue weighted by molar-refractivity contribution is -0.343. The molecule has 1 aliphatic carbocycles. The molecule has 0 aromatic heterocycles. The number of phenols is 1. The average Bonchev–Trinajstić information content (AvgIpc) is 3.10. The summed E-state index contributed by atoms with van der Waals surface area (Å²) in [6, 6.07) is 6.43. The van der Waals surface area contributed by atoms with Crippen molar-refractivity contribution in [1.82, 2.24) is 0 Å². The summed E-state index contributed by atoms with van der Waals surface area (Å²) in [5.74, 6) is -2.90. The molecule has 1 aromatic carbocycles. The van der Waals surface area contributed by atoms with E-state index in [4.69, 9.17) is 18.9 Å². The minimum absolute atomic E-state index is 0.00950. The van der Waals surface area contributed by atoms with Gasteiger partial charge < -0.3 is 54.7 Å². The highest BCUT2D eigenvalue weighted by Crippen LogP contribution is 2.47. The van der Waals surface area contributed by atoms with Gasteiger partial charge in [-0.1, -0.05) is 19.1 Å². The lowest BCUT2D eigenvalue weighted by Crippen LogP contribution is -2.60. The third-order valence-electron chi connectivity index (χ3n) is 7.19. The highest BCUT2D eigenvalue weighted by atomic mass is 16.8. The number of carbonyl (C=O) groups is 1. The topological polar surface area (TPSA) is 196 Å². The molecular weight excluding hydrogens is 480 g/mol. The highest BCUT2D eigenvalue weighted by Gasteiger charge is 2.57. The van der Waals surface area contributed by atoms with Crippen LogP contribution < -0.4 is 0 Å². The predicted octanol–water partition coefficient (Wildman–Crippen LogP) is -1.86. The molecule has 11 atom stereocenters. The molecule has 200 valence electrons. The van der Waals surface area contributed by atoms with Gasteiger partial charge in [-0.05, 0) is 23.6 Å². The second-order valence-corrected chi connectivity index (χ2v) is 9.41. The first-order chi connectivity index (χ1) is 17.1. The van der Waals surface area contributed by atoms with Gasteiger partial charge in [0.2, 0.25) is 6.29 Å². The Morgan fingerprint density at radius 1 is 0.944 bits per heavy atom. The van der Waals surface area contributed by atoms with Gasteiger partial charge in [0.05, 0.1) is 37.3 Å². The molecule has 1 saturated carbocycles. The van der Waals surface area contributed by atoms with Crippen LogP contribution in [-0.2, 0) is 30.2 Å². The van der Waals surface area contributed by atoms with Crippen molar-refractivity contribution in [2.75, 3.05) is 13.2 Å². The summed E-state index contributed by atoms with van der Waals surface area (Å²) in [6.45, 7) is 1.03. The fraction of sp³-hybridized carbons (Fsp3) is 0.625. The zero-order valence-corrected chi connectivity index (χ0v) is 19.5. The molecule has 2 fully saturated rings. The molecular formula is C24H32O12. The fourth-order valence-corrected chi connectivity index (χ4v) is 5.05. The van der Waals surface area contributed by atoms with E-state index in [2.05, 4.69) is 0 Å². The van der Waals surface area contributed by atoms with E-state index in [1.165, 1.54) is 12.1 Å². The molecule has 4 rings (SSSR count). The number of ether oxygens (including phenoxy) is 4. The number of esters is 1. The number of hydrogen-bond donors (Lipinski definition) is 7. The van der Waals surface area contributed by atoms with Crippen LogP contribution in [0.3, 0.4) is 0 Å². The summed E-state index contributed by atoms with van der Waals surface area (Å²) in [6.07, 6.45) is -9.88. The Kier molecular flexibility index (Phi) is 8.17. The van der Waals surface area contributed by atoms with Crippen molar-refractivity contribution >= 4 is 5.97 Å².